The van der Waals surface area contributed by atoms with Gasteiger partial charge in [0.2, 0.25) is 0 Å². The molecule has 1 atom stereocenters. The molecule has 0 radical (unpaired) electrons. The van der Waals surface area contributed by atoms with Gasteiger partial charge in [-0.05, 0) is 13.0 Å². The third-order valence-electron chi connectivity index (χ3n) is 1.50. The zero-order valence-electron chi connectivity index (χ0n) is 7.13. The van der Waals surface area contributed by atoms with E-state index in [0.717, 1.165) is 0 Å². The minimum absolute atomic E-state index is 0.0829. The lowest BCUT2D eigenvalue weighted by atomic mass is 10.3. The van der Waals surface area contributed by atoms with Crippen LogP contribution in [-0.4, -0.2) is 30.1 Å². The lowest BCUT2D eigenvalue weighted by Crippen LogP contribution is -2.11. The highest BCUT2D eigenvalue weighted by atomic mass is 35.5. The van der Waals surface area contributed by atoms with Crippen LogP contribution < -0.4 is 0 Å². The van der Waals surface area contributed by atoms with Gasteiger partial charge in [0, 0.05) is 5.57 Å². The monoisotopic (exact) mass is 224 g/mol. The first-order valence-corrected chi connectivity index (χ1v) is 4.72. The van der Waals surface area contributed by atoms with Crippen molar-refractivity contribution in [2.24, 2.45) is 0 Å². The summed E-state index contributed by atoms with van der Waals surface area (Å²) in [6, 6.07) is 0. The van der Waals surface area contributed by atoms with Crippen LogP contribution in [0.25, 0.3) is 0 Å². The molecule has 0 saturated carbocycles. The first kappa shape index (κ1) is 10.8. The number of epoxide rings is 1. The van der Waals surface area contributed by atoms with Gasteiger partial charge in [0.25, 0.3) is 0 Å². The maximum absolute atomic E-state index is 11.1. The van der Waals surface area contributed by atoms with Gasteiger partial charge < -0.3 is 9.47 Å². The number of carbonyl (C=O) groups is 1. The van der Waals surface area contributed by atoms with Gasteiger partial charge in [0.15, 0.2) is 0 Å². The minimum Gasteiger partial charge on any atom is -0.459 e. The molecule has 74 valence electrons. The highest BCUT2D eigenvalue weighted by Crippen LogP contribution is 2.11. The molecule has 0 amide bonds. The van der Waals surface area contributed by atoms with Crippen LogP contribution in [0.15, 0.2) is 11.6 Å². The van der Waals surface area contributed by atoms with Crippen LogP contribution in [0.4, 0.5) is 0 Å². The Labute approximate surface area is 86.6 Å². The van der Waals surface area contributed by atoms with E-state index < -0.39 is 10.8 Å². The Morgan fingerprint density at radius 2 is 2.38 bits per heavy atom. The number of alkyl halides is 2. The predicted octanol–water partition coefficient (Wildman–Crippen LogP) is 1.68. The zero-order chi connectivity index (χ0) is 9.84. The first-order valence-electron chi connectivity index (χ1n) is 3.85. The van der Waals surface area contributed by atoms with E-state index in [1.54, 1.807) is 6.92 Å². The lowest BCUT2D eigenvalue weighted by Gasteiger charge is -2.02. The summed E-state index contributed by atoms with van der Waals surface area (Å²) >= 11 is 10.9. The molecule has 0 spiro atoms. The van der Waals surface area contributed by atoms with E-state index in [-0.39, 0.29) is 6.10 Å². The number of esters is 1. The Morgan fingerprint density at radius 3 is 2.85 bits per heavy atom. The predicted molar refractivity (Wildman–Crippen MR) is 50.0 cm³/mol. The molecule has 1 aliphatic heterocycles. The molecule has 0 aromatic heterocycles. The number of hydrogen-bond donors (Lipinski definition) is 0. The second-order valence-electron chi connectivity index (χ2n) is 2.74. The Morgan fingerprint density at radius 1 is 1.77 bits per heavy atom. The lowest BCUT2D eigenvalue weighted by molar-refractivity contribution is -0.139. The quantitative estimate of drug-likeness (QED) is 0.316. The Bertz CT molecular complexity index is 221. The zero-order valence-corrected chi connectivity index (χ0v) is 8.64. The standard InChI is InChI=1S/C8H10Cl2O3/c1-5(2-7(9)10)8(11)13-4-6-3-12-6/h2,6-7H,3-4H2,1H3/b5-2+. The Balaban J connectivity index is 2.27. The molecule has 1 unspecified atom stereocenters. The second kappa shape index (κ2) is 4.84. The fourth-order valence-corrected chi connectivity index (χ4v) is 1.08. The maximum atomic E-state index is 11.1. The minimum atomic E-state index is -0.676. The van der Waals surface area contributed by atoms with E-state index in [1.807, 2.05) is 0 Å². The van der Waals surface area contributed by atoms with E-state index in [2.05, 4.69) is 0 Å². The summed E-state index contributed by atoms with van der Waals surface area (Å²) in [5.41, 5.74) is 0.413. The van der Waals surface area contributed by atoms with Crippen molar-refractivity contribution in [1.82, 2.24) is 0 Å². The van der Waals surface area contributed by atoms with Crippen molar-refractivity contribution >= 4 is 29.2 Å². The fourth-order valence-electron chi connectivity index (χ4n) is 0.704. The Hall–Kier alpha value is -0.250. The highest BCUT2D eigenvalue weighted by Gasteiger charge is 2.24. The third kappa shape index (κ3) is 4.50. The molecule has 0 N–H and O–H groups in total. The van der Waals surface area contributed by atoms with E-state index in [1.165, 1.54) is 6.08 Å². The summed E-state index contributed by atoms with van der Waals surface area (Å²) in [5.74, 6) is -0.401. The fraction of sp³-hybridized carbons (Fsp3) is 0.625. The molecule has 1 aliphatic rings. The number of carbonyl (C=O) groups excluding carboxylic acids is 1. The number of rotatable bonds is 4. The molecule has 1 rings (SSSR count). The van der Waals surface area contributed by atoms with Gasteiger partial charge >= 0.3 is 5.97 Å². The second-order valence-corrected chi connectivity index (χ2v) is 3.90. The summed E-state index contributed by atoms with van der Waals surface area (Å²) in [5, 5.41) is 0. The molecule has 0 aliphatic carbocycles. The molecule has 0 bridgehead atoms. The van der Waals surface area contributed by atoms with Crippen molar-refractivity contribution < 1.29 is 14.3 Å². The van der Waals surface area contributed by atoms with Crippen molar-refractivity contribution in [3.05, 3.63) is 11.6 Å². The van der Waals surface area contributed by atoms with Crippen LogP contribution in [0.5, 0.6) is 0 Å². The molecular formula is C8H10Cl2O3. The van der Waals surface area contributed by atoms with Crippen molar-refractivity contribution in [1.29, 1.82) is 0 Å². The van der Waals surface area contributed by atoms with Crippen LogP contribution in [0, 0.1) is 0 Å². The van der Waals surface area contributed by atoms with Crippen molar-refractivity contribution in [2.45, 2.75) is 17.9 Å². The molecule has 5 heteroatoms. The first-order chi connectivity index (χ1) is 6.09. The van der Waals surface area contributed by atoms with Gasteiger partial charge in [-0.1, -0.05) is 0 Å². The average molecular weight is 225 g/mol. The molecule has 0 aromatic rings. The summed E-state index contributed by atoms with van der Waals surface area (Å²) in [4.78, 5) is 10.5. The van der Waals surface area contributed by atoms with E-state index in [9.17, 15) is 4.79 Å². The SMILES string of the molecule is C/C(=C\C(Cl)Cl)C(=O)OCC1CO1. The van der Waals surface area contributed by atoms with E-state index >= 15 is 0 Å². The van der Waals surface area contributed by atoms with Gasteiger partial charge in [-0.25, -0.2) is 4.79 Å². The maximum Gasteiger partial charge on any atom is 0.333 e. The van der Waals surface area contributed by atoms with Crippen LogP contribution in [0.3, 0.4) is 0 Å². The molecule has 1 saturated heterocycles. The van der Waals surface area contributed by atoms with Gasteiger partial charge in [0.05, 0.1) is 6.61 Å². The number of hydrogen-bond acceptors (Lipinski definition) is 3. The molecule has 13 heavy (non-hydrogen) atoms. The smallest absolute Gasteiger partial charge is 0.333 e. The van der Waals surface area contributed by atoms with Crippen molar-refractivity contribution in [3.8, 4) is 0 Å². The molecule has 1 heterocycles. The molecular weight excluding hydrogens is 215 g/mol. The van der Waals surface area contributed by atoms with Crippen LogP contribution in [0.1, 0.15) is 6.92 Å². The normalized spacial score (nSPS) is 21.8. The number of allylic oxidation sites excluding steroid dienone is 1. The topological polar surface area (TPSA) is 38.8 Å². The summed E-state index contributed by atoms with van der Waals surface area (Å²) in [6.07, 6.45) is 1.51. The van der Waals surface area contributed by atoms with Gasteiger partial charge in [-0.3, -0.25) is 0 Å². The van der Waals surface area contributed by atoms with Crippen LogP contribution in [-0.2, 0) is 14.3 Å². The largest absolute Gasteiger partial charge is 0.459 e. The molecule has 3 nitrogen and oxygen atoms in total. The van der Waals surface area contributed by atoms with E-state index in [4.69, 9.17) is 32.7 Å². The number of halogens is 2. The highest BCUT2D eigenvalue weighted by molar-refractivity contribution is 6.45. The van der Waals surface area contributed by atoms with Gasteiger partial charge in [0.1, 0.15) is 17.5 Å². The molecule has 0 aromatic carbocycles. The number of ether oxygens (including phenoxy) is 2. The Kier molecular flexibility index (Phi) is 4.03. The van der Waals surface area contributed by atoms with Crippen LogP contribution >= 0.6 is 23.2 Å². The average Bonchev–Trinajstić information content (AvgIpc) is 2.81. The van der Waals surface area contributed by atoms with Gasteiger partial charge in [-0.15, -0.1) is 23.2 Å². The molecule has 1 fully saturated rings. The van der Waals surface area contributed by atoms with Crippen molar-refractivity contribution in [3.63, 3.8) is 0 Å². The summed E-state index contributed by atoms with van der Waals surface area (Å²) in [6.45, 7) is 2.58. The van der Waals surface area contributed by atoms with E-state index in [0.29, 0.717) is 18.8 Å². The summed E-state index contributed by atoms with van der Waals surface area (Å²) in [7, 11) is 0. The van der Waals surface area contributed by atoms with Crippen molar-refractivity contribution in [2.75, 3.05) is 13.2 Å². The van der Waals surface area contributed by atoms with Gasteiger partial charge in [-0.2, -0.15) is 0 Å². The third-order valence-corrected chi connectivity index (χ3v) is 1.75. The van der Waals surface area contributed by atoms with Crippen LogP contribution in [0.2, 0.25) is 0 Å². The summed E-state index contributed by atoms with van der Waals surface area (Å²) < 4.78 is 9.75.